The number of rotatable bonds is 6. The van der Waals surface area contributed by atoms with Gasteiger partial charge in [-0.1, -0.05) is 0 Å². The highest BCUT2D eigenvalue weighted by Gasteiger charge is 2.26. The number of fused-ring (bicyclic) bond motifs is 1. The molecular weight excluding hydrogens is 540 g/mol. The number of piperazine rings is 2. The van der Waals surface area contributed by atoms with Crippen LogP contribution in [0.25, 0.3) is 11.0 Å². The molecule has 4 heterocycles. The van der Waals surface area contributed by atoms with Crippen molar-refractivity contribution >= 4 is 40.5 Å². The van der Waals surface area contributed by atoms with Gasteiger partial charge < -0.3 is 29.9 Å². The van der Waals surface area contributed by atoms with Gasteiger partial charge in [0.25, 0.3) is 5.56 Å². The summed E-state index contributed by atoms with van der Waals surface area (Å²) in [5.41, 5.74) is 1.72. The highest BCUT2D eigenvalue weighted by atomic mass is 16.6. The number of anilines is 3. The van der Waals surface area contributed by atoms with Crippen molar-refractivity contribution in [1.82, 2.24) is 29.2 Å². The van der Waals surface area contributed by atoms with Crippen LogP contribution in [0.2, 0.25) is 0 Å². The quantitative estimate of drug-likeness (QED) is 0.449. The Morgan fingerprint density at radius 1 is 0.905 bits per heavy atom. The number of nitrogens with one attached hydrogen (secondary N) is 1. The third kappa shape index (κ3) is 7.08. The van der Waals surface area contributed by atoms with Crippen molar-refractivity contribution in [3.05, 3.63) is 52.9 Å². The van der Waals surface area contributed by atoms with E-state index in [1.807, 2.05) is 45.0 Å². The number of carboxylic acid groups (broad SMARTS) is 1. The van der Waals surface area contributed by atoms with Crippen LogP contribution in [-0.4, -0.2) is 111 Å². The Kier molecular flexibility index (Phi) is 8.48. The molecule has 2 aliphatic heterocycles. The first-order valence-electron chi connectivity index (χ1n) is 14.2. The average Bonchev–Trinajstić information content (AvgIpc) is 2.96. The van der Waals surface area contributed by atoms with Crippen LogP contribution in [0.3, 0.4) is 0 Å². The third-order valence-electron chi connectivity index (χ3n) is 7.43. The zero-order valence-corrected chi connectivity index (χ0v) is 24.3. The molecule has 1 aromatic carbocycles. The molecule has 0 saturated carbocycles. The van der Waals surface area contributed by atoms with Crippen molar-refractivity contribution in [2.45, 2.75) is 32.9 Å². The fraction of sp³-hybridized carbons (Fsp3) is 0.483. The van der Waals surface area contributed by atoms with Gasteiger partial charge in [-0.05, 0) is 51.1 Å². The van der Waals surface area contributed by atoms with E-state index in [-0.39, 0.29) is 11.7 Å². The summed E-state index contributed by atoms with van der Waals surface area (Å²) in [7, 11) is 0. The second-order valence-electron chi connectivity index (χ2n) is 11.5. The highest BCUT2D eigenvalue weighted by Crippen LogP contribution is 2.22. The maximum atomic E-state index is 12.8. The van der Waals surface area contributed by atoms with Gasteiger partial charge in [-0.3, -0.25) is 14.3 Å². The van der Waals surface area contributed by atoms with E-state index in [4.69, 9.17) is 9.84 Å². The first-order valence-corrected chi connectivity index (χ1v) is 14.2. The van der Waals surface area contributed by atoms with Crippen LogP contribution in [0.1, 0.15) is 20.8 Å². The van der Waals surface area contributed by atoms with Gasteiger partial charge in [-0.25, -0.2) is 14.6 Å². The second kappa shape index (κ2) is 12.2. The zero-order chi connectivity index (χ0) is 29.9. The predicted octanol–water partition coefficient (Wildman–Crippen LogP) is 2.89. The summed E-state index contributed by atoms with van der Waals surface area (Å²) in [5, 5.41) is 13.2. The average molecular weight is 579 g/mol. The molecule has 2 saturated heterocycles. The van der Waals surface area contributed by atoms with E-state index in [2.05, 4.69) is 25.1 Å². The van der Waals surface area contributed by atoms with Crippen LogP contribution in [0.15, 0.2) is 47.4 Å². The van der Waals surface area contributed by atoms with Crippen molar-refractivity contribution in [1.29, 1.82) is 0 Å². The van der Waals surface area contributed by atoms with Crippen molar-refractivity contribution in [2.24, 2.45) is 0 Å². The smallest absolute Gasteiger partial charge is 0.410 e. The molecule has 2 N–H and O–H groups in total. The Balaban J connectivity index is 1.21. The van der Waals surface area contributed by atoms with Gasteiger partial charge in [0, 0.05) is 94.5 Å². The largest absolute Gasteiger partial charge is 0.465 e. The molecule has 3 aromatic rings. The van der Waals surface area contributed by atoms with E-state index in [0.29, 0.717) is 77.0 Å². The number of ether oxygens (including phenoxy) is 1. The fourth-order valence-electron chi connectivity index (χ4n) is 5.11. The Bertz CT molecular complexity index is 1470. The van der Waals surface area contributed by atoms with Crippen LogP contribution >= 0.6 is 0 Å². The Labute approximate surface area is 244 Å². The maximum Gasteiger partial charge on any atom is 0.410 e. The van der Waals surface area contributed by atoms with Crippen molar-refractivity contribution in [2.75, 3.05) is 69.1 Å². The number of nitrogens with zero attached hydrogens (tertiary/aromatic N) is 7. The lowest BCUT2D eigenvalue weighted by molar-refractivity contribution is 0.0143. The predicted molar refractivity (Wildman–Crippen MR) is 160 cm³/mol. The minimum absolute atomic E-state index is 0.133. The molecule has 0 unspecified atom stereocenters. The molecule has 2 aromatic heterocycles. The number of pyridine rings is 1. The van der Waals surface area contributed by atoms with Gasteiger partial charge in [0.15, 0.2) is 0 Å². The van der Waals surface area contributed by atoms with Crippen LogP contribution in [-0.2, 0) is 11.3 Å². The summed E-state index contributed by atoms with van der Waals surface area (Å²) in [6.07, 6.45) is 0.529. The number of aromatic nitrogens is 3. The molecule has 0 atom stereocenters. The Hall–Kier alpha value is -4.39. The van der Waals surface area contributed by atoms with E-state index in [0.717, 1.165) is 16.8 Å². The van der Waals surface area contributed by atoms with E-state index < -0.39 is 11.7 Å². The molecule has 13 heteroatoms. The number of benzene rings is 1. The van der Waals surface area contributed by atoms with E-state index in [9.17, 15) is 14.4 Å². The van der Waals surface area contributed by atoms with Crippen molar-refractivity contribution < 1.29 is 19.4 Å². The molecule has 13 nitrogen and oxygen atoms in total. The minimum atomic E-state index is -0.881. The first kappa shape index (κ1) is 29.1. The monoisotopic (exact) mass is 578 g/mol. The van der Waals surface area contributed by atoms with Gasteiger partial charge in [0.2, 0.25) is 5.95 Å². The lowest BCUT2D eigenvalue weighted by Crippen LogP contribution is -2.50. The van der Waals surface area contributed by atoms with Crippen LogP contribution < -0.4 is 15.8 Å². The zero-order valence-electron chi connectivity index (χ0n) is 24.3. The summed E-state index contributed by atoms with van der Waals surface area (Å²) in [6.45, 7) is 11.5. The first-order chi connectivity index (χ1) is 20.1. The molecule has 2 aliphatic rings. The lowest BCUT2D eigenvalue weighted by Gasteiger charge is -2.35. The molecular formula is C29H38N8O5. The van der Waals surface area contributed by atoms with Gasteiger partial charge in [-0.2, -0.15) is 4.98 Å². The molecule has 2 amide bonds. The van der Waals surface area contributed by atoms with Crippen molar-refractivity contribution in [3.63, 3.8) is 0 Å². The number of carbonyl (C=O) groups excluding carboxylic acids is 1. The standard InChI is InChI=1S/C29H38N8O5/c1-29(2,3)42-28(41)36-13-10-33(11-14-36)12-19-37-24(38)9-4-21-20-30-26(32-25(21)37)31-22-5-7-23(8-6-22)34-15-17-35(18-16-34)27(39)40/h4-9,20H,10-19H2,1-3H3,(H,39,40)(H,30,31,32). The highest BCUT2D eigenvalue weighted by molar-refractivity contribution is 5.76. The molecule has 2 fully saturated rings. The Morgan fingerprint density at radius 3 is 2.21 bits per heavy atom. The van der Waals surface area contributed by atoms with Gasteiger partial charge >= 0.3 is 12.2 Å². The molecule has 0 aliphatic carbocycles. The van der Waals surface area contributed by atoms with Gasteiger partial charge in [-0.15, -0.1) is 0 Å². The summed E-state index contributed by atoms with van der Waals surface area (Å²) in [6, 6.07) is 11.1. The van der Waals surface area contributed by atoms with Gasteiger partial charge in [0.1, 0.15) is 11.2 Å². The molecule has 42 heavy (non-hydrogen) atoms. The molecule has 5 rings (SSSR count). The molecule has 0 bridgehead atoms. The number of amides is 2. The van der Waals surface area contributed by atoms with Crippen LogP contribution in [0.5, 0.6) is 0 Å². The molecule has 0 spiro atoms. The SMILES string of the molecule is CC(C)(C)OC(=O)N1CCN(CCn2c(=O)ccc3cnc(Nc4ccc(N5CCN(C(=O)O)CC5)cc4)nc32)CC1. The lowest BCUT2D eigenvalue weighted by atomic mass is 10.2. The minimum Gasteiger partial charge on any atom is -0.465 e. The maximum absolute atomic E-state index is 12.8. The molecule has 224 valence electrons. The second-order valence-corrected chi connectivity index (χ2v) is 11.5. The third-order valence-corrected chi connectivity index (χ3v) is 7.43. The fourth-order valence-corrected chi connectivity index (χ4v) is 5.11. The van der Waals surface area contributed by atoms with Crippen LogP contribution in [0, 0.1) is 0 Å². The van der Waals surface area contributed by atoms with Gasteiger partial charge in [0.05, 0.1) is 0 Å². The number of hydrogen-bond donors (Lipinski definition) is 2. The Morgan fingerprint density at radius 2 is 1.57 bits per heavy atom. The summed E-state index contributed by atoms with van der Waals surface area (Å²) in [4.78, 5) is 53.1. The van der Waals surface area contributed by atoms with E-state index in [1.165, 1.54) is 11.0 Å². The van der Waals surface area contributed by atoms with Crippen LogP contribution in [0.4, 0.5) is 26.9 Å². The number of hydrogen-bond acceptors (Lipinski definition) is 9. The van der Waals surface area contributed by atoms with Crippen molar-refractivity contribution in [3.8, 4) is 0 Å². The summed E-state index contributed by atoms with van der Waals surface area (Å²) in [5.74, 6) is 0.385. The van der Waals surface area contributed by atoms with E-state index >= 15 is 0 Å². The normalized spacial score (nSPS) is 16.5. The topological polar surface area (TPSA) is 136 Å². The number of carbonyl (C=O) groups is 2. The summed E-state index contributed by atoms with van der Waals surface area (Å²) < 4.78 is 7.15. The summed E-state index contributed by atoms with van der Waals surface area (Å²) >= 11 is 0. The molecule has 0 radical (unpaired) electrons. The van der Waals surface area contributed by atoms with E-state index in [1.54, 1.807) is 21.7 Å².